The van der Waals surface area contributed by atoms with E-state index in [4.69, 9.17) is 0 Å². The third kappa shape index (κ3) is 8.01. The van der Waals surface area contributed by atoms with Gasteiger partial charge >= 0.3 is 0 Å². The van der Waals surface area contributed by atoms with Gasteiger partial charge in [-0.2, -0.15) is 0 Å². The van der Waals surface area contributed by atoms with Gasteiger partial charge < -0.3 is 15.5 Å². The molecule has 9 nitrogen and oxygen atoms in total. The maximum absolute atomic E-state index is 12.0. The third-order valence-corrected chi connectivity index (χ3v) is 5.38. The number of nitrogens with zero attached hydrogens (tertiary/aromatic N) is 6. The molecular formula is C22H34N8O. The van der Waals surface area contributed by atoms with Crippen LogP contribution in [0.15, 0.2) is 47.7 Å². The summed E-state index contributed by atoms with van der Waals surface area (Å²) in [5, 5.41) is 14.7. The molecule has 2 heterocycles. The van der Waals surface area contributed by atoms with Crippen LogP contribution in [0.5, 0.6) is 0 Å². The molecular weight excluding hydrogens is 392 g/mol. The summed E-state index contributed by atoms with van der Waals surface area (Å²) in [7, 11) is 3.50. The standard InChI is InChI=1S/C22H34N8O/c1-28(2)21(31)17-24-22(23-11-6-13-30-16-12-25-27-30)26-20-9-14-29(15-10-20)18-19-7-4-3-5-8-19/h3-5,7-8,12,16,20H,6,9-11,13-15,17-18H2,1-2H3,(H2,23,24,26). The van der Waals surface area contributed by atoms with Gasteiger partial charge in [0.15, 0.2) is 5.96 Å². The molecule has 0 aliphatic carbocycles. The fourth-order valence-corrected chi connectivity index (χ4v) is 3.51. The van der Waals surface area contributed by atoms with E-state index in [9.17, 15) is 4.79 Å². The van der Waals surface area contributed by atoms with Crippen LogP contribution in [-0.4, -0.2) is 83.0 Å². The third-order valence-electron chi connectivity index (χ3n) is 5.38. The van der Waals surface area contributed by atoms with Crippen LogP contribution in [0.2, 0.25) is 0 Å². The van der Waals surface area contributed by atoms with Crippen molar-refractivity contribution in [3.63, 3.8) is 0 Å². The Bertz CT molecular complexity index is 798. The molecule has 0 saturated carbocycles. The van der Waals surface area contributed by atoms with E-state index in [0.717, 1.165) is 52.0 Å². The summed E-state index contributed by atoms with van der Waals surface area (Å²) in [5.74, 6) is 0.691. The first-order chi connectivity index (χ1) is 15.1. The Morgan fingerprint density at radius 2 is 2.00 bits per heavy atom. The molecule has 1 aliphatic heterocycles. The Kier molecular flexibility index (Phi) is 8.84. The molecule has 1 aliphatic rings. The van der Waals surface area contributed by atoms with Gasteiger partial charge in [0.25, 0.3) is 0 Å². The predicted octanol–water partition coefficient (Wildman–Crippen LogP) is 0.956. The number of carbonyl (C=O) groups is 1. The van der Waals surface area contributed by atoms with Crippen molar-refractivity contribution in [2.45, 2.75) is 38.4 Å². The highest BCUT2D eigenvalue weighted by Crippen LogP contribution is 2.13. The quantitative estimate of drug-likeness (QED) is 0.353. The van der Waals surface area contributed by atoms with Crippen LogP contribution in [0.4, 0.5) is 0 Å². The number of aryl methyl sites for hydroxylation is 1. The van der Waals surface area contributed by atoms with Gasteiger partial charge in [-0.25, -0.2) is 4.99 Å². The summed E-state index contributed by atoms with van der Waals surface area (Å²) in [5.41, 5.74) is 1.35. The van der Waals surface area contributed by atoms with Crippen molar-refractivity contribution in [3.8, 4) is 0 Å². The first-order valence-corrected chi connectivity index (χ1v) is 11.0. The van der Waals surface area contributed by atoms with E-state index in [0.29, 0.717) is 12.0 Å². The lowest BCUT2D eigenvalue weighted by Gasteiger charge is -2.33. The van der Waals surface area contributed by atoms with Gasteiger partial charge in [0.05, 0.1) is 6.20 Å². The summed E-state index contributed by atoms with van der Waals surface area (Å²) in [6.45, 7) is 4.75. The minimum absolute atomic E-state index is 0.0126. The average Bonchev–Trinajstić information content (AvgIpc) is 3.30. The highest BCUT2D eigenvalue weighted by Gasteiger charge is 2.20. The highest BCUT2D eigenvalue weighted by atomic mass is 16.2. The van der Waals surface area contributed by atoms with Crippen molar-refractivity contribution < 1.29 is 4.79 Å². The number of hydrogen-bond donors (Lipinski definition) is 2. The van der Waals surface area contributed by atoms with Gasteiger partial charge in [-0.05, 0) is 24.8 Å². The lowest BCUT2D eigenvalue weighted by Crippen LogP contribution is -2.49. The Morgan fingerprint density at radius 3 is 2.68 bits per heavy atom. The molecule has 1 aromatic carbocycles. The van der Waals surface area contributed by atoms with E-state index in [1.165, 1.54) is 5.56 Å². The molecule has 0 bridgehead atoms. The molecule has 2 aromatic rings. The van der Waals surface area contributed by atoms with Crippen LogP contribution in [0.1, 0.15) is 24.8 Å². The molecule has 9 heteroatoms. The second-order valence-corrected chi connectivity index (χ2v) is 8.08. The Hall–Kier alpha value is -2.94. The highest BCUT2D eigenvalue weighted by molar-refractivity contribution is 5.84. The summed E-state index contributed by atoms with van der Waals surface area (Å²) >= 11 is 0. The Labute approximate surface area is 184 Å². The molecule has 0 unspecified atom stereocenters. The number of amides is 1. The average molecular weight is 427 g/mol. The zero-order chi connectivity index (χ0) is 21.9. The predicted molar refractivity (Wildman–Crippen MR) is 122 cm³/mol. The van der Waals surface area contributed by atoms with Crippen LogP contribution in [0.3, 0.4) is 0 Å². The summed E-state index contributed by atoms with van der Waals surface area (Å²) < 4.78 is 1.81. The number of likely N-dealkylation sites (tertiary alicyclic amines) is 1. The van der Waals surface area contributed by atoms with Gasteiger partial charge in [-0.3, -0.25) is 14.4 Å². The minimum atomic E-state index is -0.0126. The summed E-state index contributed by atoms with van der Waals surface area (Å²) in [4.78, 5) is 20.5. The normalized spacial score (nSPS) is 15.6. The molecule has 0 spiro atoms. The van der Waals surface area contributed by atoms with Gasteiger partial charge in [0.2, 0.25) is 5.91 Å². The van der Waals surface area contributed by atoms with Crippen molar-refractivity contribution >= 4 is 11.9 Å². The molecule has 3 rings (SSSR count). The summed E-state index contributed by atoms with van der Waals surface area (Å²) in [6, 6.07) is 11.0. The fourth-order valence-electron chi connectivity index (χ4n) is 3.51. The van der Waals surface area contributed by atoms with Crippen molar-refractivity contribution in [2.24, 2.45) is 4.99 Å². The van der Waals surface area contributed by atoms with Crippen molar-refractivity contribution in [2.75, 3.05) is 40.3 Å². The number of benzene rings is 1. The first kappa shape index (κ1) is 22.7. The number of nitrogens with one attached hydrogen (secondary N) is 2. The van der Waals surface area contributed by atoms with Gasteiger partial charge in [-0.1, -0.05) is 35.5 Å². The zero-order valence-corrected chi connectivity index (χ0v) is 18.6. The monoisotopic (exact) mass is 426 g/mol. The van der Waals surface area contributed by atoms with Crippen molar-refractivity contribution in [1.82, 2.24) is 35.4 Å². The zero-order valence-electron chi connectivity index (χ0n) is 18.6. The fraction of sp³-hybridized carbons (Fsp3) is 0.545. The number of rotatable bonds is 9. The number of aromatic nitrogens is 3. The molecule has 168 valence electrons. The van der Waals surface area contributed by atoms with Crippen molar-refractivity contribution in [1.29, 1.82) is 0 Å². The molecule has 31 heavy (non-hydrogen) atoms. The topological polar surface area (TPSA) is 90.7 Å². The minimum Gasteiger partial charge on any atom is -0.356 e. The largest absolute Gasteiger partial charge is 0.356 e. The molecule has 0 radical (unpaired) electrons. The van der Waals surface area contributed by atoms with Crippen LogP contribution in [-0.2, 0) is 17.9 Å². The number of likely N-dealkylation sites (N-methyl/N-ethyl adjacent to an activating group) is 1. The Balaban J connectivity index is 1.46. The van der Waals surface area contributed by atoms with E-state index < -0.39 is 0 Å². The number of carbonyl (C=O) groups excluding carboxylic acids is 1. The number of hydrogen-bond acceptors (Lipinski definition) is 5. The smallest absolute Gasteiger partial charge is 0.243 e. The maximum atomic E-state index is 12.0. The van der Waals surface area contributed by atoms with Gasteiger partial charge in [0.1, 0.15) is 6.54 Å². The van der Waals surface area contributed by atoms with E-state index in [-0.39, 0.29) is 12.5 Å². The SMILES string of the molecule is CN(C)C(=O)CN=C(NCCCn1ccnn1)NC1CCN(Cc2ccccc2)CC1. The van der Waals surface area contributed by atoms with Gasteiger partial charge in [0, 0.05) is 59.1 Å². The van der Waals surface area contributed by atoms with Crippen LogP contribution in [0, 0.1) is 0 Å². The van der Waals surface area contributed by atoms with Crippen LogP contribution in [0.25, 0.3) is 0 Å². The summed E-state index contributed by atoms with van der Waals surface area (Å²) in [6.07, 6.45) is 6.52. The van der Waals surface area contributed by atoms with E-state index in [1.807, 2.05) is 10.9 Å². The molecule has 0 atom stereocenters. The first-order valence-electron chi connectivity index (χ1n) is 11.0. The molecule has 2 N–H and O–H groups in total. The van der Waals surface area contributed by atoms with E-state index in [1.54, 1.807) is 25.2 Å². The Morgan fingerprint density at radius 1 is 1.23 bits per heavy atom. The number of aliphatic imine (C=N–C) groups is 1. The van der Waals surface area contributed by atoms with Crippen LogP contribution < -0.4 is 10.6 Å². The lowest BCUT2D eigenvalue weighted by molar-refractivity contribution is -0.127. The number of guanidine groups is 1. The second kappa shape index (κ2) is 12.0. The van der Waals surface area contributed by atoms with E-state index >= 15 is 0 Å². The van der Waals surface area contributed by atoms with Crippen LogP contribution >= 0.6 is 0 Å². The van der Waals surface area contributed by atoms with E-state index in [2.05, 4.69) is 61.2 Å². The molecule has 1 amide bonds. The molecule has 1 saturated heterocycles. The maximum Gasteiger partial charge on any atom is 0.243 e. The second-order valence-electron chi connectivity index (χ2n) is 8.08. The van der Waals surface area contributed by atoms with Gasteiger partial charge in [-0.15, -0.1) is 5.10 Å². The number of piperidine rings is 1. The lowest BCUT2D eigenvalue weighted by atomic mass is 10.0. The molecule has 1 fully saturated rings. The van der Waals surface area contributed by atoms with Crippen molar-refractivity contribution in [3.05, 3.63) is 48.3 Å². The molecule has 1 aromatic heterocycles.